The minimum atomic E-state index is -4.06. The molecule has 14 nitrogen and oxygen atoms in total. The molecule has 0 amide bonds. The van der Waals surface area contributed by atoms with Crippen LogP contribution in [0.1, 0.15) is 31.2 Å². The van der Waals surface area contributed by atoms with Gasteiger partial charge in [0, 0.05) is 16.5 Å². The fourth-order valence-corrected chi connectivity index (χ4v) is 6.74. The van der Waals surface area contributed by atoms with Gasteiger partial charge in [-0.15, -0.1) is 0 Å². The minimum Gasteiger partial charge on any atom is -0.424 e. The number of phosphoric ester groups is 1. The van der Waals surface area contributed by atoms with E-state index in [4.69, 9.17) is 56.7 Å². The van der Waals surface area contributed by atoms with Crippen LogP contribution >= 0.6 is 31.0 Å². The fraction of sp³-hybridized carbons (Fsp3) is 0.429. The number of ether oxygens (including phenoxy) is 3. The van der Waals surface area contributed by atoms with Crippen LogP contribution in [0.25, 0.3) is 11.2 Å². The van der Waals surface area contributed by atoms with Gasteiger partial charge in [0.2, 0.25) is 5.95 Å². The Kier molecular flexibility index (Phi) is 6.18. The minimum absolute atomic E-state index is 0.00787. The van der Waals surface area contributed by atoms with Crippen molar-refractivity contribution in [1.29, 1.82) is 0 Å². The first kappa shape index (κ1) is 25.6. The molecule has 202 valence electrons. The number of H-pyrrole nitrogens is 1. The van der Waals surface area contributed by atoms with Gasteiger partial charge < -0.3 is 19.9 Å². The first-order valence-electron chi connectivity index (χ1n) is 11.4. The van der Waals surface area contributed by atoms with Crippen LogP contribution in [-0.4, -0.2) is 56.7 Å². The number of halogens is 2. The molecule has 3 aliphatic heterocycles. The number of hydrogen-bond acceptors (Lipinski definition) is 12. The van der Waals surface area contributed by atoms with Crippen molar-refractivity contribution in [3.8, 4) is 0 Å². The summed E-state index contributed by atoms with van der Waals surface area (Å²) in [6.07, 6.45) is -2.86. The molecule has 5 heterocycles. The zero-order chi connectivity index (χ0) is 26.8. The maximum atomic E-state index is 13.3. The van der Waals surface area contributed by atoms with Gasteiger partial charge in [0.25, 0.3) is 5.56 Å². The van der Waals surface area contributed by atoms with E-state index in [-0.39, 0.29) is 30.3 Å². The first-order chi connectivity index (χ1) is 18.0. The quantitative estimate of drug-likeness (QED) is 0.328. The van der Waals surface area contributed by atoms with Gasteiger partial charge >= 0.3 is 14.0 Å². The normalized spacial score (nSPS) is 32.8. The van der Waals surface area contributed by atoms with E-state index in [0.717, 1.165) is 0 Å². The average molecular weight is 588 g/mol. The van der Waals surface area contributed by atoms with Crippen LogP contribution in [0.2, 0.25) is 10.0 Å². The molecule has 0 aliphatic carbocycles. The molecular weight excluding hydrogens is 568 g/mol. The SMILES string of the molecule is C[C@@]12OC(=O)O[C@@H]1[C@@H](CO[P@@]1(=O)OCC[C@@H](c3cc(Cl)cc(Cl)c3)O1)O[C@H]2n1cnc2c(=O)[nH]c(N)nc21. The molecule has 1 aromatic carbocycles. The molecule has 0 bridgehead atoms. The van der Waals surface area contributed by atoms with Gasteiger partial charge in [-0.25, -0.2) is 14.3 Å². The lowest BCUT2D eigenvalue weighted by Crippen LogP contribution is -2.42. The Hall–Kier alpha value is -2.71. The van der Waals surface area contributed by atoms with Crippen molar-refractivity contribution in [2.75, 3.05) is 18.9 Å². The van der Waals surface area contributed by atoms with Gasteiger partial charge in [-0.3, -0.25) is 27.9 Å². The number of phosphoric acid groups is 1. The smallest absolute Gasteiger partial charge is 0.424 e. The summed E-state index contributed by atoms with van der Waals surface area (Å²) in [5, 5.41) is 0.799. The lowest BCUT2D eigenvalue weighted by molar-refractivity contribution is -0.0925. The zero-order valence-corrected chi connectivity index (χ0v) is 21.9. The Morgan fingerprint density at radius 1 is 1.29 bits per heavy atom. The number of anilines is 1. The maximum Gasteiger partial charge on any atom is 0.509 e. The predicted octanol–water partition coefficient (Wildman–Crippen LogP) is 3.50. The standard InChI is InChI=1S/C21H20Cl2N5O9P/c1-21-15(35-20(30)36-21)13(34-18(21)28-8-25-14-16(28)26-19(24)27-17(14)29)7-33-38(31)32-3-2-12(37-38)9-4-10(22)6-11(23)5-9/h4-6,8,12-13,15,18H,2-3,7H2,1H3,(H3,24,26,27,29)/t12-,13+,15+,18+,21+,38+/m0/s1. The molecule has 0 unspecified atom stereocenters. The van der Waals surface area contributed by atoms with Gasteiger partial charge in [-0.2, -0.15) is 4.98 Å². The van der Waals surface area contributed by atoms with Crippen molar-refractivity contribution in [2.24, 2.45) is 0 Å². The highest BCUT2D eigenvalue weighted by Crippen LogP contribution is 2.58. The number of rotatable bonds is 5. The van der Waals surface area contributed by atoms with Crippen molar-refractivity contribution in [2.45, 2.75) is 43.5 Å². The Labute approximate surface area is 223 Å². The van der Waals surface area contributed by atoms with E-state index in [0.29, 0.717) is 22.0 Å². The van der Waals surface area contributed by atoms with Crippen LogP contribution in [0.3, 0.4) is 0 Å². The van der Waals surface area contributed by atoms with Gasteiger partial charge in [0.1, 0.15) is 6.10 Å². The van der Waals surface area contributed by atoms with Gasteiger partial charge in [-0.05, 0) is 30.7 Å². The van der Waals surface area contributed by atoms with Crippen LogP contribution in [0.5, 0.6) is 0 Å². The Bertz CT molecular complexity index is 1530. The Balaban J connectivity index is 1.24. The molecule has 3 saturated heterocycles. The summed E-state index contributed by atoms with van der Waals surface area (Å²) in [6, 6.07) is 4.88. The second kappa shape index (κ2) is 9.19. The van der Waals surface area contributed by atoms with Crippen LogP contribution in [0.4, 0.5) is 10.7 Å². The van der Waals surface area contributed by atoms with E-state index in [2.05, 4.69) is 15.0 Å². The molecule has 0 radical (unpaired) electrons. The first-order valence-corrected chi connectivity index (χ1v) is 13.6. The summed E-state index contributed by atoms with van der Waals surface area (Å²) in [7, 11) is -4.06. The van der Waals surface area contributed by atoms with Crippen molar-refractivity contribution < 1.29 is 37.1 Å². The number of nitrogens with zero attached hydrogens (tertiary/aromatic N) is 3. The molecule has 3 aromatic rings. The molecule has 0 saturated carbocycles. The summed E-state index contributed by atoms with van der Waals surface area (Å²) >= 11 is 12.2. The highest BCUT2D eigenvalue weighted by Gasteiger charge is 2.64. The Morgan fingerprint density at radius 2 is 2.05 bits per heavy atom. The van der Waals surface area contributed by atoms with E-state index < -0.39 is 49.7 Å². The number of imidazole rings is 1. The van der Waals surface area contributed by atoms with Crippen molar-refractivity contribution in [3.05, 3.63) is 50.5 Å². The van der Waals surface area contributed by atoms with Gasteiger partial charge in [-0.1, -0.05) is 23.2 Å². The number of nitrogens with two attached hydrogens (primary N) is 1. The van der Waals surface area contributed by atoms with E-state index in [1.165, 1.54) is 10.9 Å². The number of carbonyl (C=O) groups excluding carboxylic acids is 1. The Morgan fingerprint density at radius 3 is 2.82 bits per heavy atom. The van der Waals surface area contributed by atoms with Crippen molar-refractivity contribution >= 4 is 54.3 Å². The highest BCUT2D eigenvalue weighted by molar-refractivity contribution is 7.48. The largest absolute Gasteiger partial charge is 0.509 e. The average Bonchev–Trinajstić information content (AvgIpc) is 3.46. The molecule has 3 fully saturated rings. The number of nitrogen functional groups attached to an aromatic ring is 1. The van der Waals surface area contributed by atoms with E-state index in [1.54, 1.807) is 25.1 Å². The van der Waals surface area contributed by atoms with E-state index in [9.17, 15) is 14.2 Å². The summed E-state index contributed by atoms with van der Waals surface area (Å²) in [5.74, 6) is -0.135. The van der Waals surface area contributed by atoms with Crippen molar-refractivity contribution in [1.82, 2.24) is 19.5 Å². The number of benzene rings is 1. The lowest BCUT2D eigenvalue weighted by atomic mass is 9.96. The molecular formula is C21H20Cl2N5O9P. The number of aromatic nitrogens is 4. The molecule has 17 heteroatoms. The summed E-state index contributed by atoms with van der Waals surface area (Å²) in [6.45, 7) is 1.32. The van der Waals surface area contributed by atoms with Gasteiger partial charge in [0.05, 0.1) is 25.6 Å². The van der Waals surface area contributed by atoms with E-state index in [1.807, 2.05) is 0 Å². The topological polar surface area (TPSA) is 179 Å². The van der Waals surface area contributed by atoms with Crippen LogP contribution in [0, 0.1) is 0 Å². The third-order valence-electron chi connectivity index (χ3n) is 6.47. The summed E-state index contributed by atoms with van der Waals surface area (Å²) in [4.78, 5) is 34.9. The molecule has 2 aromatic heterocycles. The fourth-order valence-electron chi connectivity index (χ4n) is 4.80. The predicted molar refractivity (Wildman–Crippen MR) is 131 cm³/mol. The number of hydrogen-bond donors (Lipinski definition) is 2. The number of aromatic amines is 1. The van der Waals surface area contributed by atoms with Crippen LogP contribution in [-0.2, 0) is 32.3 Å². The molecule has 6 atom stereocenters. The monoisotopic (exact) mass is 587 g/mol. The van der Waals surface area contributed by atoms with Crippen LogP contribution < -0.4 is 11.3 Å². The molecule has 38 heavy (non-hydrogen) atoms. The molecule has 3 aliphatic rings. The highest BCUT2D eigenvalue weighted by atomic mass is 35.5. The lowest BCUT2D eigenvalue weighted by Gasteiger charge is -2.30. The van der Waals surface area contributed by atoms with Gasteiger partial charge in [0.15, 0.2) is 29.1 Å². The number of fused-ring (bicyclic) bond motifs is 2. The summed E-state index contributed by atoms with van der Waals surface area (Å²) in [5.41, 5.74) is 4.51. The zero-order valence-electron chi connectivity index (χ0n) is 19.5. The van der Waals surface area contributed by atoms with Crippen molar-refractivity contribution in [3.63, 3.8) is 0 Å². The van der Waals surface area contributed by atoms with E-state index >= 15 is 0 Å². The number of carbonyl (C=O) groups is 1. The third-order valence-corrected chi connectivity index (χ3v) is 8.38. The number of nitrogens with one attached hydrogen (secondary N) is 1. The maximum absolute atomic E-state index is 13.3. The summed E-state index contributed by atoms with van der Waals surface area (Å²) < 4.78 is 48.4. The van der Waals surface area contributed by atoms with Crippen LogP contribution in [0.15, 0.2) is 29.3 Å². The molecule has 6 rings (SSSR count). The second-order valence-electron chi connectivity index (χ2n) is 9.04. The molecule has 0 spiro atoms. The third kappa shape index (κ3) is 4.35. The molecule has 3 N–H and O–H groups in total. The second-order valence-corrected chi connectivity index (χ2v) is 11.5.